The average Bonchev–Trinajstić information content (AvgIpc) is 2.55. The largest absolute Gasteiger partial charge is 0.486 e. The molecule has 1 amide bonds. The number of carbonyl (C=O) groups excluding carboxylic acids is 1. The molecule has 1 fully saturated rings. The Labute approximate surface area is 124 Å². The predicted octanol–water partition coefficient (Wildman–Crippen LogP) is 2.31. The molecule has 1 aliphatic carbocycles. The zero-order valence-electron chi connectivity index (χ0n) is 12.2. The number of hydrogen-bond acceptors (Lipinski definition) is 4. The van der Waals surface area contributed by atoms with Gasteiger partial charge in [0.1, 0.15) is 13.2 Å². The molecule has 21 heavy (non-hydrogen) atoms. The Hall–Kier alpha value is -1.75. The van der Waals surface area contributed by atoms with Crippen LogP contribution in [0.2, 0.25) is 0 Å². The van der Waals surface area contributed by atoms with Gasteiger partial charge < -0.3 is 20.5 Å². The fourth-order valence-electron chi connectivity index (χ4n) is 3.14. The van der Waals surface area contributed by atoms with E-state index in [9.17, 15) is 4.79 Å². The normalized spacial score (nSPS) is 19.9. The van der Waals surface area contributed by atoms with E-state index in [4.69, 9.17) is 15.2 Å². The van der Waals surface area contributed by atoms with Crippen molar-refractivity contribution in [1.82, 2.24) is 0 Å². The highest BCUT2D eigenvalue weighted by molar-refractivity contribution is 5.95. The lowest BCUT2D eigenvalue weighted by atomic mass is 9.73. The minimum atomic E-state index is -0.411. The number of rotatable bonds is 3. The summed E-state index contributed by atoms with van der Waals surface area (Å²) in [5.41, 5.74) is 6.23. The number of amides is 1. The maximum Gasteiger partial charge on any atom is 0.231 e. The summed E-state index contributed by atoms with van der Waals surface area (Å²) in [7, 11) is 0. The van der Waals surface area contributed by atoms with Crippen LogP contribution in [0.5, 0.6) is 11.5 Å². The number of nitrogens with two attached hydrogens (primary N) is 1. The van der Waals surface area contributed by atoms with Crippen LogP contribution in [0.4, 0.5) is 5.69 Å². The molecule has 0 atom stereocenters. The Morgan fingerprint density at radius 2 is 1.86 bits per heavy atom. The standard InChI is InChI=1S/C16H22N2O3/c17-11-16(6-2-1-3-7-16)15(19)18-12-4-5-13-14(10-12)21-9-8-20-13/h4-5,10H,1-3,6-9,11,17H2,(H,18,19). The van der Waals surface area contributed by atoms with Gasteiger partial charge in [-0.25, -0.2) is 0 Å². The molecule has 5 heteroatoms. The lowest BCUT2D eigenvalue weighted by Crippen LogP contribution is -2.43. The summed E-state index contributed by atoms with van der Waals surface area (Å²) in [6.07, 6.45) is 5.09. The van der Waals surface area contributed by atoms with Gasteiger partial charge in [-0.1, -0.05) is 19.3 Å². The van der Waals surface area contributed by atoms with Crippen molar-refractivity contribution < 1.29 is 14.3 Å². The summed E-state index contributed by atoms with van der Waals surface area (Å²) in [6.45, 7) is 1.51. The maximum absolute atomic E-state index is 12.6. The van der Waals surface area contributed by atoms with Crippen molar-refractivity contribution in [1.29, 1.82) is 0 Å². The second kappa shape index (κ2) is 5.93. The van der Waals surface area contributed by atoms with Crippen LogP contribution >= 0.6 is 0 Å². The summed E-state index contributed by atoms with van der Waals surface area (Å²) in [5, 5.41) is 3.00. The Balaban J connectivity index is 1.74. The van der Waals surface area contributed by atoms with Gasteiger partial charge in [0.25, 0.3) is 0 Å². The van der Waals surface area contributed by atoms with Gasteiger partial charge in [0, 0.05) is 18.3 Å². The topological polar surface area (TPSA) is 73.6 Å². The first-order valence-corrected chi connectivity index (χ1v) is 7.65. The third-order valence-corrected chi connectivity index (χ3v) is 4.48. The molecule has 0 radical (unpaired) electrons. The van der Waals surface area contributed by atoms with Crippen molar-refractivity contribution in [3.05, 3.63) is 18.2 Å². The lowest BCUT2D eigenvalue weighted by molar-refractivity contribution is -0.126. The third kappa shape index (κ3) is 2.83. The molecule has 3 rings (SSSR count). The van der Waals surface area contributed by atoms with Gasteiger partial charge in [0.2, 0.25) is 5.91 Å². The van der Waals surface area contributed by atoms with Crippen LogP contribution < -0.4 is 20.5 Å². The summed E-state index contributed by atoms with van der Waals surface area (Å²) >= 11 is 0. The Bertz CT molecular complexity index is 524. The van der Waals surface area contributed by atoms with Gasteiger partial charge >= 0.3 is 0 Å². The van der Waals surface area contributed by atoms with Crippen LogP contribution in [-0.4, -0.2) is 25.7 Å². The predicted molar refractivity (Wildman–Crippen MR) is 80.6 cm³/mol. The van der Waals surface area contributed by atoms with Crippen molar-refractivity contribution >= 4 is 11.6 Å². The number of ether oxygens (including phenoxy) is 2. The number of fused-ring (bicyclic) bond motifs is 1. The maximum atomic E-state index is 12.6. The minimum Gasteiger partial charge on any atom is -0.486 e. The van der Waals surface area contributed by atoms with Crippen LogP contribution in [0, 0.1) is 5.41 Å². The first-order valence-electron chi connectivity index (χ1n) is 7.65. The fourth-order valence-corrected chi connectivity index (χ4v) is 3.14. The molecular formula is C16H22N2O3. The number of nitrogens with one attached hydrogen (secondary N) is 1. The minimum absolute atomic E-state index is 0.0291. The first kappa shape index (κ1) is 14.2. The molecule has 0 aromatic heterocycles. The van der Waals surface area contributed by atoms with Gasteiger partial charge in [-0.2, -0.15) is 0 Å². The second-order valence-corrected chi connectivity index (χ2v) is 5.86. The molecule has 0 bridgehead atoms. The molecule has 0 saturated heterocycles. The molecule has 3 N–H and O–H groups in total. The zero-order chi connectivity index (χ0) is 14.7. The van der Waals surface area contributed by atoms with E-state index in [1.807, 2.05) is 18.2 Å². The van der Waals surface area contributed by atoms with Crippen LogP contribution in [0.1, 0.15) is 32.1 Å². The van der Waals surface area contributed by atoms with E-state index in [0.717, 1.165) is 37.1 Å². The Morgan fingerprint density at radius 3 is 2.57 bits per heavy atom. The van der Waals surface area contributed by atoms with Gasteiger partial charge in [-0.3, -0.25) is 4.79 Å². The SMILES string of the molecule is NCC1(C(=O)Nc2ccc3c(c2)OCCO3)CCCCC1. The first-order chi connectivity index (χ1) is 10.2. The molecule has 1 aromatic carbocycles. The van der Waals surface area contributed by atoms with E-state index in [-0.39, 0.29) is 5.91 Å². The zero-order valence-corrected chi connectivity index (χ0v) is 12.2. The van der Waals surface area contributed by atoms with Crippen molar-refractivity contribution in [3.8, 4) is 11.5 Å². The summed E-state index contributed by atoms with van der Waals surface area (Å²) in [6, 6.07) is 5.50. The summed E-state index contributed by atoms with van der Waals surface area (Å²) in [4.78, 5) is 12.6. The molecule has 1 saturated carbocycles. The van der Waals surface area contributed by atoms with Crippen molar-refractivity contribution in [2.75, 3.05) is 25.1 Å². The highest BCUT2D eigenvalue weighted by atomic mass is 16.6. The Morgan fingerprint density at radius 1 is 1.14 bits per heavy atom. The smallest absolute Gasteiger partial charge is 0.231 e. The summed E-state index contributed by atoms with van der Waals surface area (Å²) < 4.78 is 11.0. The average molecular weight is 290 g/mol. The molecular weight excluding hydrogens is 268 g/mol. The van der Waals surface area contributed by atoms with Crippen molar-refractivity contribution in [3.63, 3.8) is 0 Å². The molecule has 5 nitrogen and oxygen atoms in total. The highest BCUT2D eigenvalue weighted by Gasteiger charge is 2.38. The van der Waals surface area contributed by atoms with Crippen molar-refractivity contribution in [2.45, 2.75) is 32.1 Å². The summed E-state index contributed by atoms with van der Waals surface area (Å²) in [5.74, 6) is 1.44. The van der Waals surface area contributed by atoms with E-state index in [1.54, 1.807) is 0 Å². The molecule has 1 aliphatic heterocycles. The molecule has 0 unspecified atom stereocenters. The third-order valence-electron chi connectivity index (χ3n) is 4.48. The van der Waals surface area contributed by atoms with E-state index in [2.05, 4.69) is 5.32 Å². The van der Waals surface area contributed by atoms with Gasteiger partial charge in [-0.05, 0) is 25.0 Å². The van der Waals surface area contributed by atoms with E-state index in [0.29, 0.717) is 25.5 Å². The van der Waals surface area contributed by atoms with Crippen molar-refractivity contribution in [2.24, 2.45) is 11.1 Å². The van der Waals surface area contributed by atoms with Gasteiger partial charge in [0.15, 0.2) is 11.5 Å². The van der Waals surface area contributed by atoms with Crippen LogP contribution in [0.25, 0.3) is 0 Å². The number of carbonyl (C=O) groups is 1. The Kier molecular flexibility index (Phi) is 4.01. The molecule has 1 aromatic rings. The molecule has 0 spiro atoms. The lowest BCUT2D eigenvalue weighted by Gasteiger charge is -2.34. The molecule has 2 aliphatic rings. The van der Waals surface area contributed by atoms with Gasteiger partial charge in [-0.15, -0.1) is 0 Å². The number of hydrogen-bond donors (Lipinski definition) is 2. The van der Waals surface area contributed by atoms with Crippen LogP contribution in [0.3, 0.4) is 0 Å². The second-order valence-electron chi connectivity index (χ2n) is 5.86. The monoisotopic (exact) mass is 290 g/mol. The molecule has 1 heterocycles. The highest BCUT2D eigenvalue weighted by Crippen LogP contribution is 2.37. The van der Waals surface area contributed by atoms with E-state index >= 15 is 0 Å². The van der Waals surface area contributed by atoms with E-state index in [1.165, 1.54) is 6.42 Å². The quantitative estimate of drug-likeness (QED) is 0.896. The van der Waals surface area contributed by atoms with Gasteiger partial charge in [0.05, 0.1) is 5.41 Å². The number of anilines is 1. The number of benzene rings is 1. The molecule has 114 valence electrons. The van der Waals surface area contributed by atoms with Crippen LogP contribution in [0.15, 0.2) is 18.2 Å². The van der Waals surface area contributed by atoms with E-state index < -0.39 is 5.41 Å². The fraction of sp³-hybridized carbons (Fsp3) is 0.562. The van der Waals surface area contributed by atoms with Crippen LogP contribution in [-0.2, 0) is 4.79 Å².